The number of benzene rings is 2. The molecule has 5 rings (SSSR count). The Kier molecular flexibility index (Phi) is 7.61. The van der Waals surface area contributed by atoms with Crippen molar-refractivity contribution in [1.82, 2.24) is 15.2 Å². The van der Waals surface area contributed by atoms with Gasteiger partial charge in [-0.05, 0) is 44.0 Å². The molecule has 1 atom stereocenters. The van der Waals surface area contributed by atoms with Gasteiger partial charge in [-0.1, -0.05) is 82.2 Å². The Morgan fingerprint density at radius 1 is 1.08 bits per heavy atom. The zero-order valence-corrected chi connectivity index (χ0v) is 24.3. The molecule has 3 heterocycles. The number of nitrogens with zero attached hydrogens (tertiary/aromatic N) is 4. The number of aromatic nitrogens is 3. The normalized spacial score (nSPS) is 15.6. The number of aryl methyl sites for hydroxylation is 3. The lowest BCUT2D eigenvalue weighted by Crippen LogP contribution is -2.31. The molecule has 7 nitrogen and oxygen atoms in total. The van der Waals surface area contributed by atoms with Gasteiger partial charge in [0, 0.05) is 15.8 Å². The Morgan fingerprint density at radius 3 is 2.47 bits per heavy atom. The Labute approximate surface area is 241 Å². The zero-order valence-electron chi connectivity index (χ0n) is 20.4. The fourth-order valence-corrected chi connectivity index (χ4v) is 7.31. The van der Waals surface area contributed by atoms with E-state index in [2.05, 4.69) is 27.3 Å². The maximum absolute atomic E-state index is 13.7. The van der Waals surface area contributed by atoms with Crippen molar-refractivity contribution in [3.63, 3.8) is 0 Å². The second kappa shape index (κ2) is 10.8. The number of hydrogen-bond donors (Lipinski definition) is 1. The number of amides is 1. The van der Waals surface area contributed by atoms with Crippen LogP contribution in [-0.2, 0) is 10.5 Å². The Balaban J connectivity index is 1.53. The highest BCUT2D eigenvalue weighted by atomic mass is 35.5. The van der Waals surface area contributed by atoms with Crippen molar-refractivity contribution in [3.8, 4) is 0 Å². The summed E-state index contributed by atoms with van der Waals surface area (Å²) >= 11 is 16.6. The summed E-state index contributed by atoms with van der Waals surface area (Å²) in [7, 11) is 0. The SMILES string of the molecule is Cc1ccc(CSc2nnc(N3C(=O)C(O)=C(C(=O)c4sc(C)nc4C)C3c3ccc(Cl)cc3Cl)s2)cc1. The van der Waals surface area contributed by atoms with E-state index in [1.54, 1.807) is 26.0 Å². The summed E-state index contributed by atoms with van der Waals surface area (Å²) in [6, 6.07) is 12.0. The van der Waals surface area contributed by atoms with E-state index in [-0.39, 0.29) is 15.7 Å². The van der Waals surface area contributed by atoms with Crippen LogP contribution in [-0.4, -0.2) is 32.0 Å². The third-order valence-corrected chi connectivity index (χ3v) is 9.67. The molecule has 0 aliphatic carbocycles. The van der Waals surface area contributed by atoms with Gasteiger partial charge in [-0.2, -0.15) is 0 Å². The topological polar surface area (TPSA) is 96.3 Å². The number of Topliss-reactive ketones (excluding diaryl/α,β-unsaturated/α-hetero) is 1. The summed E-state index contributed by atoms with van der Waals surface area (Å²) in [4.78, 5) is 33.1. The van der Waals surface area contributed by atoms with E-state index in [1.807, 2.05) is 19.1 Å². The molecule has 0 saturated heterocycles. The molecule has 1 aliphatic rings. The van der Waals surface area contributed by atoms with Gasteiger partial charge >= 0.3 is 0 Å². The fourth-order valence-electron chi connectivity index (χ4n) is 4.10. The van der Waals surface area contributed by atoms with E-state index in [1.165, 1.54) is 51.0 Å². The number of thioether (sulfide) groups is 1. The van der Waals surface area contributed by atoms with Gasteiger partial charge in [-0.15, -0.1) is 21.5 Å². The number of anilines is 1. The molecule has 2 aromatic heterocycles. The Morgan fingerprint density at radius 2 is 1.82 bits per heavy atom. The molecule has 194 valence electrons. The first-order chi connectivity index (χ1) is 18.1. The maximum atomic E-state index is 13.7. The molecule has 38 heavy (non-hydrogen) atoms. The maximum Gasteiger partial charge on any atom is 0.296 e. The van der Waals surface area contributed by atoms with Gasteiger partial charge in [0.2, 0.25) is 10.9 Å². The molecule has 0 radical (unpaired) electrons. The van der Waals surface area contributed by atoms with E-state index < -0.39 is 23.5 Å². The number of ketones is 1. The first-order valence-corrected chi connectivity index (χ1v) is 14.7. The number of aliphatic hydroxyl groups is 1. The molecular weight excluding hydrogens is 583 g/mol. The van der Waals surface area contributed by atoms with E-state index in [0.29, 0.717) is 36.3 Å². The third kappa shape index (κ3) is 5.11. The van der Waals surface area contributed by atoms with E-state index in [9.17, 15) is 14.7 Å². The number of carbonyl (C=O) groups is 2. The molecule has 4 aromatic rings. The smallest absolute Gasteiger partial charge is 0.296 e. The first-order valence-electron chi connectivity index (χ1n) is 11.4. The largest absolute Gasteiger partial charge is 0.503 e. The van der Waals surface area contributed by atoms with Crippen LogP contribution in [0.15, 0.2) is 58.1 Å². The summed E-state index contributed by atoms with van der Waals surface area (Å²) in [6.45, 7) is 5.54. The minimum absolute atomic E-state index is 0.0879. The standard InChI is InChI=1S/C26H20Cl2N4O3S3/c1-12-4-6-15(7-5-12)11-36-26-31-30-25(38-26)32-20(17-9-8-16(27)10-18(17)28)19(22(34)24(32)35)21(33)23-13(2)29-14(3)37-23/h4-10,20,34H,11H2,1-3H3. The lowest BCUT2D eigenvalue weighted by molar-refractivity contribution is -0.117. The quantitative estimate of drug-likeness (QED) is 0.135. The third-order valence-electron chi connectivity index (χ3n) is 5.90. The highest BCUT2D eigenvalue weighted by molar-refractivity contribution is 8.00. The number of halogens is 2. The summed E-state index contributed by atoms with van der Waals surface area (Å²) in [5.41, 5.74) is 3.17. The molecule has 0 bridgehead atoms. The van der Waals surface area contributed by atoms with Gasteiger partial charge in [-0.25, -0.2) is 4.98 Å². The summed E-state index contributed by atoms with van der Waals surface area (Å²) < 4.78 is 0.641. The number of hydrogen-bond acceptors (Lipinski definition) is 9. The van der Waals surface area contributed by atoms with Crippen LogP contribution in [0.5, 0.6) is 0 Å². The van der Waals surface area contributed by atoms with Gasteiger partial charge < -0.3 is 5.11 Å². The lowest BCUT2D eigenvalue weighted by atomic mass is 9.95. The second-order valence-electron chi connectivity index (χ2n) is 8.61. The van der Waals surface area contributed by atoms with Crippen LogP contribution in [0.1, 0.15) is 43.1 Å². The number of aliphatic hydroxyl groups excluding tert-OH is 1. The first kappa shape index (κ1) is 26.8. The lowest BCUT2D eigenvalue weighted by Gasteiger charge is -2.24. The predicted molar refractivity (Wildman–Crippen MR) is 153 cm³/mol. The summed E-state index contributed by atoms with van der Waals surface area (Å²) in [5.74, 6) is -1.22. The average molecular weight is 604 g/mol. The van der Waals surface area contributed by atoms with Crippen LogP contribution in [0.4, 0.5) is 5.13 Å². The second-order valence-corrected chi connectivity index (χ2v) is 12.8. The van der Waals surface area contributed by atoms with Crippen LogP contribution in [0.2, 0.25) is 10.0 Å². The van der Waals surface area contributed by atoms with Crippen LogP contribution in [0, 0.1) is 20.8 Å². The fraction of sp³-hybridized carbons (Fsp3) is 0.192. The highest BCUT2D eigenvalue weighted by Gasteiger charge is 2.47. The van der Waals surface area contributed by atoms with Crippen molar-refractivity contribution in [2.45, 2.75) is 36.9 Å². The molecule has 0 fully saturated rings. The van der Waals surface area contributed by atoms with Gasteiger partial charge in [0.25, 0.3) is 5.91 Å². The van der Waals surface area contributed by atoms with Crippen molar-refractivity contribution in [3.05, 3.63) is 96.1 Å². The molecule has 1 N–H and O–H groups in total. The number of rotatable bonds is 7. The zero-order chi connectivity index (χ0) is 27.1. The summed E-state index contributed by atoms with van der Waals surface area (Å²) in [6.07, 6.45) is 0. The molecule has 1 unspecified atom stereocenters. The average Bonchev–Trinajstić information content (AvgIpc) is 3.54. The van der Waals surface area contributed by atoms with E-state index in [0.717, 1.165) is 5.56 Å². The molecular formula is C26H20Cl2N4O3S3. The van der Waals surface area contributed by atoms with Crippen LogP contribution in [0.3, 0.4) is 0 Å². The van der Waals surface area contributed by atoms with Crippen LogP contribution >= 0.6 is 57.6 Å². The van der Waals surface area contributed by atoms with E-state index in [4.69, 9.17) is 23.2 Å². The molecule has 1 amide bonds. The van der Waals surface area contributed by atoms with Crippen molar-refractivity contribution in [2.24, 2.45) is 0 Å². The van der Waals surface area contributed by atoms with Crippen molar-refractivity contribution in [2.75, 3.05) is 4.90 Å². The van der Waals surface area contributed by atoms with Gasteiger partial charge in [-0.3, -0.25) is 14.5 Å². The molecule has 2 aromatic carbocycles. The highest BCUT2D eigenvalue weighted by Crippen LogP contribution is 2.46. The monoisotopic (exact) mass is 602 g/mol. The Hall–Kier alpha value is -2.76. The molecule has 0 spiro atoms. The number of carbonyl (C=O) groups excluding carboxylic acids is 2. The minimum Gasteiger partial charge on any atom is -0.503 e. The summed E-state index contributed by atoms with van der Waals surface area (Å²) in [5, 5.41) is 21.1. The van der Waals surface area contributed by atoms with Gasteiger partial charge in [0.1, 0.15) is 0 Å². The molecule has 12 heteroatoms. The minimum atomic E-state index is -1.02. The predicted octanol–water partition coefficient (Wildman–Crippen LogP) is 7.30. The van der Waals surface area contributed by atoms with Gasteiger partial charge in [0.15, 0.2) is 10.1 Å². The van der Waals surface area contributed by atoms with E-state index >= 15 is 0 Å². The van der Waals surface area contributed by atoms with Crippen molar-refractivity contribution in [1.29, 1.82) is 0 Å². The Bertz CT molecular complexity index is 1600. The van der Waals surface area contributed by atoms with Crippen molar-refractivity contribution < 1.29 is 14.7 Å². The van der Waals surface area contributed by atoms with Crippen LogP contribution in [0.25, 0.3) is 0 Å². The molecule has 0 saturated carbocycles. The van der Waals surface area contributed by atoms with Crippen LogP contribution < -0.4 is 4.90 Å². The number of thiazole rings is 1. The van der Waals surface area contributed by atoms with Crippen molar-refractivity contribution >= 4 is 74.5 Å². The van der Waals surface area contributed by atoms with Gasteiger partial charge in [0.05, 0.1) is 27.2 Å². The molecule has 1 aliphatic heterocycles.